The van der Waals surface area contributed by atoms with Gasteiger partial charge in [0, 0.05) is 18.6 Å². The van der Waals surface area contributed by atoms with E-state index in [4.69, 9.17) is 10.5 Å². The molecular formula is C12H24N2O2. The van der Waals surface area contributed by atoms with Crippen LogP contribution in [0.1, 0.15) is 34.1 Å². The monoisotopic (exact) mass is 228 g/mol. The first-order valence-corrected chi connectivity index (χ1v) is 5.87. The molecule has 1 fully saturated rings. The predicted octanol–water partition coefficient (Wildman–Crippen LogP) is 0.997. The van der Waals surface area contributed by atoms with Gasteiger partial charge in [-0.3, -0.25) is 4.79 Å². The Morgan fingerprint density at radius 3 is 2.56 bits per heavy atom. The molecule has 2 N–H and O–H groups in total. The number of carbonyl (C=O) groups excluding carboxylic acids is 1. The number of hydrogen-bond acceptors (Lipinski definition) is 3. The minimum Gasteiger partial charge on any atom is -0.379 e. The van der Waals surface area contributed by atoms with Gasteiger partial charge in [-0.15, -0.1) is 0 Å². The molecule has 2 unspecified atom stereocenters. The molecule has 0 aromatic rings. The molecule has 1 aliphatic heterocycles. The molecule has 1 amide bonds. The van der Waals surface area contributed by atoms with Crippen molar-refractivity contribution in [1.29, 1.82) is 0 Å². The van der Waals surface area contributed by atoms with Crippen molar-refractivity contribution in [2.45, 2.75) is 45.7 Å². The van der Waals surface area contributed by atoms with Crippen molar-refractivity contribution < 1.29 is 9.53 Å². The number of carbonyl (C=O) groups is 1. The van der Waals surface area contributed by atoms with Crippen molar-refractivity contribution >= 4 is 5.91 Å². The summed E-state index contributed by atoms with van der Waals surface area (Å²) < 4.78 is 5.32. The fourth-order valence-corrected chi connectivity index (χ4v) is 1.80. The van der Waals surface area contributed by atoms with Gasteiger partial charge in [0.2, 0.25) is 5.91 Å². The van der Waals surface area contributed by atoms with Crippen molar-refractivity contribution in [3.63, 3.8) is 0 Å². The lowest BCUT2D eigenvalue weighted by atomic mass is 9.82. The molecule has 16 heavy (non-hydrogen) atoms. The zero-order valence-electron chi connectivity index (χ0n) is 11.0. The third kappa shape index (κ3) is 2.09. The standard InChI is InChI=1S/C12H24N2O2/c1-6-11(2,3)14(5)10(15)12(4)8-16-7-9(12)13/h9H,6-8,13H2,1-5H3. The maximum atomic E-state index is 12.4. The molecule has 0 saturated carbocycles. The lowest BCUT2D eigenvalue weighted by molar-refractivity contribution is -0.145. The van der Waals surface area contributed by atoms with Crippen LogP contribution >= 0.6 is 0 Å². The highest BCUT2D eigenvalue weighted by Gasteiger charge is 2.47. The Hall–Kier alpha value is -0.610. The van der Waals surface area contributed by atoms with Crippen LogP contribution in [0.25, 0.3) is 0 Å². The highest BCUT2D eigenvalue weighted by molar-refractivity contribution is 5.84. The molecule has 0 aliphatic carbocycles. The van der Waals surface area contributed by atoms with Crippen molar-refractivity contribution in [2.24, 2.45) is 11.1 Å². The first-order valence-electron chi connectivity index (χ1n) is 5.87. The van der Waals surface area contributed by atoms with Crippen LogP contribution in [0.15, 0.2) is 0 Å². The van der Waals surface area contributed by atoms with Gasteiger partial charge < -0.3 is 15.4 Å². The summed E-state index contributed by atoms with van der Waals surface area (Å²) in [4.78, 5) is 14.3. The van der Waals surface area contributed by atoms with E-state index in [0.29, 0.717) is 13.2 Å². The molecule has 1 aliphatic rings. The average Bonchev–Trinajstić information content (AvgIpc) is 2.58. The van der Waals surface area contributed by atoms with Crippen molar-refractivity contribution in [1.82, 2.24) is 4.90 Å². The summed E-state index contributed by atoms with van der Waals surface area (Å²) in [6.07, 6.45) is 0.918. The summed E-state index contributed by atoms with van der Waals surface area (Å²) in [6.45, 7) is 9.01. The van der Waals surface area contributed by atoms with Gasteiger partial charge in [-0.25, -0.2) is 0 Å². The topological polar surface area (TPSA) is 55.6 Å². The Kier molecular flexibility index (Phi) is 3.65. The number of amides is 1. The summed E-state index contributed by atoms with van der Waals surface area (Å²) in [7, 11) is 1.85. The van der Waals surface area contributed by atoms with Crippen LogP contribution < -0.4 is 5.73 Å². The number of nitrogens with zero attached hydrogens (tertiary/aromatic N) is 1. The van der Waals surface area contributed by atoms with Crippen LogP contribution in [0.2, 0.25) is 0 Å². The quantitative estimate of drug-likeness (QED) is 0.784. The van der Waals surface area contributed by atoms with Crippen molar-refractivity contribution in [3.05, 3.63) is 0 Å². The number of nitrogens with two attached hydrogens (primary N) is 1. The molecule has 1 rings (SSSR count). The zero-order valence-corrected chi connectivity index (χ0v) is 11.0. The highest BCUT2D eigenvalue weighted by atomic mass is 16.5. The molecule has 4 heteroatoms. The third-order valence-electron chi connectivity index (χ3n) is 4.08. The van der Waals surface area contributed by atoms with Gasteiger partial charge in [0.15, 0.2) is 0 Å². The van der Waals surface area contributed by atoms with Gasteiger partial charge in [0.1, 0.15) is 0 Å². The Morgan fingerprint density at radius 1 is 1.62 bits per heavy atom. The van der Waals surface area contributed by atoms with Crippen LogP contribution in [-0.4, -0.2) is 42.6 Å². The number of ether oxygens (including phenoxy) is 1. The highest BCUT2D eigenvalue weighted by Crippen LogP contribution is 2.32. The molecule has 0 aromatic carbocycles. The van der Waals surface area contributed by atoms with E-state index in [2.05, 4.69) is 20.8 Å². The molecule has 1 saturated heterocycles. The fraction of sp³-hybridized carbons (Fsp3) is 0.917. The van der Waals surface area contributed by atoms with E-state index in [1.807, 2.05) is 18.9 Å². The Balaban J connectivity index is 2.86. The van der Waals surface area contributed by atoms with Gasteiger partial charge in [-0.05, 0) is 27.2 Å². The molecule has 94 valence electrons. The summed E-state index contributed by atoms with van der Waals surface area (Å²) in [5.41, 5.74) is 5.26. The smallest absolute Gasteiger partial charge is 0.232 e. The van der Waals surface area contributed by atoms with Crippen LogP contribution in [0.5, 0.6) is 0 Å². The average molecular weight is 228 g/mol. The summed E-state index contributed by atoms with van der Waals surface area (Å²) in [5.74, 6) is 0.0874. The Morgan fingerprint density at radius 2 is 2.19 bits per heavy atom. The normalized spacial score (nSPS) is 30.5. The summed E-state index contributed by atoms with van der Waals surface area (Å²) in [5, 5.41) is 0. The second-order valence-corrected chi connectivity index (χ2v) is 5.57. The van der Waals surface area contributed by atoms with Crippen LogP contribution in [-0.2, 0) is 9.53 Å². The van der Waals surface area contributed by atoms with E-state index in [1.54, 1.807) is 0 Å². The molecule has 0 aromatic heterocycles. The van der Waals surface area contributed by atoms with E-state index in [-0.39, 0.29) is 17.5 Å². The Labute approximate surface area is 98.1 Å². The first-order chi connectivity index (χ1) is 7.25. The predicted molar refractivity (Wildman–Crippen MR) is 64.0 cm³/mol. The van der Waals surface area contributed by atoms with Gasteiger partial charge in [-0.1, -0.05) is 6.92 Å². The first kappa shape index (κ1) is 13.5. The minimum atomic E-state index is -0.568. The van der Waals surface area contributed by atoms with Gasteiger partial charge >= 0.3 is 0 Å². The Bertz CT molecular complexity index is 278. The molecule has 0 bridgehead atoms. The van der Waals surface area contributed by atoms with E-state index in [9.17, 15) is 4.79 Å². The molecule has 2 atom stereocenters. The molecule has 4 nitrogen and oxygen atoms in total. The van der Waals surface area contributed by atoms with Crippen molar-refractivity contribution in [2.75, 3.05) is 20.3 Å². The molecule has 1 heterocycles. The SMILES string of the molecule is CCC(C)(C)N(C)C(=O)C1(C)COCC1N. The molecule has 0 spiro atoms. The lowest BCUT2D eigenvalue weighted by Crippen LogP contribution is -2.55. The van der Waals surface area contributed by atoms with Crippen LogP contribution in [0, 0.1) is 5.41 Å². The number of rotatable bonds is 3. The van der Waals surface area contributed by atoms with Gasteiger partial charge in [0.25, 0.3) is 0 Å². The third-order valence-corrected chi connectivity index (χ3v) is 4.08. The van der Waals surface area contributed by atoms with E-state index in [0.717, 1.165) is 6.42 Å². The van der Waals surface area contributed by atoms with Gasteiger partial charge in [-0.2, -0.15) is 0 Å². The summed E-state index contributed by atoms with van der Waals surface area (Å²) in [6, 6.07) is -0.199. The van der Waals surface area contributed by atoms with E-state index in [1.165, 1.54) is 0 Å². The van der Waals surface area contributed by atoms with Crippen LogP contribution in [0.3, 0.4) is 0 Å². The maximum Gasteiger partial charge on any atom is 0.232 e. The second-order valence-electron chi connectivity index (χ2n) is 5.57. The fourth-order valence-electron chi connectivity index (χ4n) is 1.80. The summed E-state index contributed by atoms with van der Waals surface area (Å²) >= 11 is 0. The minimum absolute atomic E-state index is 0.0874. The largest absolute Gasteiger partial charge is 0.379 e. The van der Waals surface area contributed by atoms with E-state index < -0.39 is 5.41 Å². The molecule has 0 radical (unpaired) electrons. The van der Waals surface area contributed by atoms with Crippen molar-refractivity contribution in [3.8, 4) is 0 Å². The van der Waals surface area contributed by atoms with E-state index >= 15 is 0 Å². The van der Waals surface area contributed by atoms with Crippen LogP contribution in [0.4, 0.5) is 0 Å². The molecular weight excluding hydrogens is 204 g/mol. The maximum absolute atomic E-state index is 12.4. The van der Waals surface area contributed by atoms with Gasteiger partial charge in [0.05, 0.1) is 18.6 Å². The lowest BCUT2D eigenvalue weighted by Gasteiger charge is -2.40. The second kappa shape index (κ2) is 4.34. The zero-order chi connectivity index (χ0) is 12.6. The number of hydrogen-bond donors (Lipinski definition) is 1.